The van der Waals surface area contributed by atoms with Crippen LogP contribution in [0.4, 0.5) is 11.4 Å². The lowest BCUT2D eigenvalue weighted by Crippen LogP contribution is -2.36. The molecule has 3 amide bonds. The Morgan fingerprint density at radius 1 is 1.32 bits per heavy atom. The van der Waals surface area contributed by atoms with Gasteiger partial charge in [0.15, 0.2) is 0 Å². The van der Waals surface area contributed by atoms with Crippen molar-refractivity contribution in [3.05, 3.63) is 23.2 Å². The lowest BCUT2D eigenvalue weighted by Gasteiger charge is -2.13. The van der Waals surface area contributed by atoms with Crippen LogP contribution < -0.4 is 11.1 Å². The van der Waals surface area contributed by atoms with Crippen LogP contribution in [0.15, 0.2) is 18.2 Å². The maximum atomic E-state index is 11.7. The van der Waals surface area contributed by atoms with Gasteiger partial charge in [-0.2, -0.15) is 0 Å². The van der Waals surface area contributed by atoms with Gasteiger partial charge in [0.25, 0.3) is 0 Å². The van der Waals surface area contributed by atoms with Crippen LogP contribution in [0.25, 0.3) is 0 Å². The summed E-state index contributed by atoms with van der Waals surface area (Å²) in [5, 5.41) is 2.95. The first-order chi connectivity index (χ1) is 8.97. The number of hydrogen-bond acceptors (Lipinski definition) is 4. The lowest BCUT2D eigenvalue weighted by molar-refractivity contribution is -0.141. The Morgan fingerprint density at radius 2 is 1.95 bits per heavy atom. The van der Waals surface area contributed by atoms with Gasteiger partial charge >= 0.3 is 0 Å². The predicted molar refractivity (Wildman–Crippen MR) is 70.4 cm³/mol. The van der Waals surface area contributed by atoms with E-state index in [1.165, 1.54) is 6.07 Å². The number of imide groups is 1. The molecule has 0 saturated carbocycles. The topological polar surface area (TPSA) is 92.5 Å². The van der Waals surface area contributed by atoms with Crippen molar-refractivity contribution in [2.75, 3.05) is 17.6 Å². The van der Waals surface area contributed by atoms with Gasteiger partial charge in [0.05, 0.1) is 10.7 Å². The Balaban J connectivity index is 1.99. The zero-order valence-electron chi connectivity index (χ0n) is 9.98. The van der Waals surface area contributed by atoms with Crippen LogP contribution in [0.2, 0.25) is 5.02 Å². The average Bonchev–Trinajstić information content (AvgIpc) is 2.66. The van der Waals surface area contributed by atoms with E-state index in [1.807, 2.05) is 0 Å². The first kappa shape index (κ1) is 13.4. The number of nitrogens with one attached hydrogen (secondary N) is 1. The minimum atomic E-state index is -0.453. The van der Waals surface area contributed by atoms with Crippen molar-refractivity contribution in [3.8, 4) is 0 Å². The molecule has 1 heterocycles. The predicted octanol–water partition coefficient (Wildman–Crippen LogP) is 1.01. The number of halogens is 1. The van der Waals surface area contributed by atoms with Gasteiger partial charge in [-0.3, -0.25) is 19.3 Å². The van der Waals surface area contributed by atoms with Crippen molar-refractivity contribution < 1.29 is 14.4 Å². The number of amides is 3. The molecule has 7 heteroatoms. The van der Waals surface area contributed by atoms with Gasteiger partial charge in [-0.15, -0.1) is 0 Å². The number of rotatable bonds is 3. The molecule has 1 fully saturated rings. The molecule has 0 atom stereocenters. The second-order valence-electron chi connectivity index (χ2n) is 4.16. The summed E-state index contributed by atoms with van der Waals surface area (Å²) in [7, 11) is 0. The molecule has 0 bridgehead atoms. The summed E-state index contributed by atoms with van der Waals surface area (Å²) in [5.41, 5.74) is 6.41. The Kier molecular flexibility index (Phi) is 3.71. The van der Waals surface area contributed by atoms with E-state index in [9.17, 15) is 14.4 Å². The second kappa shape index (κ2) is 5.27. The number of anilines is 2. The third-order valence-corrected chi connectivity index (χ3v) is 3.08. The highest BCUT2D eigenvalue weighted by molar-refractivity contribution is 6.33. The standard InChI is InChI=1S/C12H12ClN3O3/c13-8-2-1-7(5-9(8)14)15-10(17)6-16-11(18)3-4-12(16)19/h1-2,5H,3-4,6,14H2,(H,15,17). The second-order valence-corrected chi connectivity index (χ2v) is 4.57. The molecule has 1 aromatic carbocycles. The Bertz CT molecular complexity index is 543. The third kappa shape index (κ3) is 3.03. The van der Waals surface area contributed by atoms with Crippen LogP contribution >= 0.6 is 11.6 Å². The van der Waals surface area contributed by atoms with E-state index in [2.05, 4.69) is 5.32 Å². The Morgan fingerprint density at radius 3 is 2.53 bits per heavy atom. The summed E-state index contributed by atoms with van der Waals surface area (Å²) in [6.45, 7) is -0.278. The van der Waals surface area contributed by atoms with Gasteiger partial charge in [0, 0.05) is 18.5 Å². The molecule has 1 aliphatic heterocycles. The van der Waals surface area contributed by atoms with Gasteiger partial charge in [0.2, 0.25) is 17.7 Å². The summed E-state index contributed by atoms with van der Waals surface area (Å²) in [6.07, 6.45) is 0.333. The minimum Gasteiger partial charge on any atom is -0.397 e. The molecule has 0 radical (unpaired) electrons. The van der Waals surface area contributed by atoms with Crippen LogP contribution in [-0.4, -0.2) is 29.2 Å². The molecule has 0 spiro atoms. The number of nitrogen functional groups attached to an aromatic ring is 1. The van der Waals surface area contributed by atoms with Crippen molar-refractivity contribution in [3.63, 3.8) is 0 Å². The van der Waals surface area contributed by atoms with E-state index >= 15 is 0 Å². The quantitative estimate of drug-likeness (QED) is 0.639. The first-order valence-corrected chi connectivity index (χ1v) is 6.03. The molecule has 0 aliphatic carbocycles. The van der Waals surface area contributed by atoms with E-state index in [0.717, 1.165) is 4.90 Å². The molecule has 1 saturated heterocycles. The molecule has 1 aliphatic rings. The van der Waals surface area contributed by atoms with Crippen molar-refractivity contribution in [2.45, 2.75) is 12.8 Å². The normalized spacial score (nSPS) is 14.9. The molecule has 2 rings (SSSR count). The third-order valence-electron chi connectivity index (χ3n) is 2.74. The number of carbonyl (C=O) groups is 3. The zero-order valence-corrected chi connectivity index (χ0v) is 10.7. The lowest BCUT2D eigenvalue weighted by atomic mass is 10.3. The summed E-state index contributed by atoms with van der Waals surface area (Å²) in [5.74, 6) is -1.10. The maximum Gasteiger partial charge on any atom is 0.244 e. The fourth-order valence-electron chi connectivity index (χ4n) is 1.76. The van der Waals surface area contributed by atoms with Crippen LogP contribution in [-0.2, 0) is 14.4 Å². The smallest absolute Gasteiger partial charge is 0.244 e. The van der Waals surface area contributed by atoms with Crippen molar-refractivity contribution in [1.82, 2.24) is 4.90 Å². The van der Waals surface area contributed by atoms with Gasteiger partial charge in [-0.1, -0.05) is 11.6 Å². The highest BCUT2D eigenvalue weighted by Crippen LogP contribution is 2.22. The first-order valence-electron chi connectivity index (χ1n) is 5.65. The fraction of sp³-hybridized carbons (Fsp3) is 0.250. The summed E-state index contributed by atoms with van der Waals surface area (Å²) in [6, 6.07) is 4.65. The summed E-state index contributed by atoms with van der Waals surface area (Å²) in [4.78, 5) is 35.4. The molecular weight excluding hydrogens is 270 g/mol. The molecule has 0 unspecified atom stereocenters. The van der Waals surface area contributed by atoms with Crippen LogP contribution in [0.3, 0.4) is 0 Å². The maximum absolute atomic E-state index is 11.7. The number of hydrogen-bond donors (Lipinski definition) is 2. The van der Waals surface area contributed by atoms with Crippen molar-refractivity contribution in [1.29, 1.82) is 0 Å². The van der Waals surface area contributed by atoms with E-state index in [4.69, 9.17) is 17.3 Å². The molecule has 1 aromatic rings. The summed E-state index contributed by atoms with van der Waals surface area (Å²) >= 11 is 5.76. The SMILES string of the molecule is Nc1cc(NC(=O)CN2C(=O)CCC2=O)ccc1Cl. The number of likely N-dealkylation sites (tertiary alicyclic amines) is 1. The molecule has 6 nitrogen and oxygen atoms in total. The van der Waals surface area contributed by atoms with E-state index in [-0.39, 0.29) is 31.2 Å². The average molecular weight is 282 g/mol. The number of benzene rings is 1. The largest absolute Gasteiger partial charge is 0.397 e. The van der Waals surface area contributed by atoms with Crippen molar-refractivity contribution >= 4 is 40.7 Å². The highest BCUT2D eigenvalue weighted by Gasteiger charge is 2.30. The van der Waals surface area contributed by atoms with Gasteiger partial charge in [-0.25, -0.2) is 0 Å². The number of carbonyl (C=O) groups excluding carboxylic acids is 3. The minimum absolute atomic E-state index is 0.167. The number of nitrogens with zero attached hydrogens (tertiary/aromatic N) is 1. The Labute approximate surface area is 114 Å². The molecule has 3 N–H and O–H groups in total. The highest BCUT2D eigenvalue weighted by atomic mass is 35.5. The summed E-state index contributed by atoms with van der Waals surface area (Å²) < 4.78 is 0. The molecule has 0 aromatic heterocycles. The van der Waals surface area contributed by atoms with Crippen LogP contribution in [0.5, 0.6) is 0 Å². The Hall–Kier alpha value is -2.08. The van der Waals surface area contributed by atoms with Crippen molar-refractivity contribution in [2.24, 2.45) is 0 Å². The molecule has 19 heavy (non-hydrogen) atoms. The fourth-order valence-corrected chi connectivity index (χ4v) is 1.88. The molecular formula is C12H12ClN3O3. The zero-order chi connectivity index (χ0) is 14.0. The van der Waals surface area contributed by atoms with Gasteiger partial charge in [-0.05, 0) is 18.2 Å². The van der Waals surface area contributed by atoms with E-state index in [0.29, 0.717) is 16.4 Å². The molecule has 100 valence electrons. The monoisotopic (exact) mass is 281 g/mol. The van der Waals surface area contributed by atoms with Crippen LogP contribution in [0, 0.1) is 0 Å². The van der Waals surface area contributed by atoms with Gasteiger partial charge in [0.1, 0.15) is 6.54 Å². The van der Waals surface area contributed by atoms with Gasteiger partial charge < -0.3 is 11.1 Å². The van der Waals surface area contributed by atoms with E-state index < -0.39 is 5.91 Å². The number of nitrogens with two attached hydrogens (primary N) is 1. The van der Waals surface area contributed by atoms with E-state index in [1.54, 1.807) is 12.1 Å². The van der Waals surface area contributed by atoms with Crippen LogP contribution in [0.1, 0.15) is 12.8 Å².